The Morgan fingerprint density at radius 2 is 1.68 bits per heavy atom. The topological polar surface area (TPSA) is 35.6 Å². The fourth-order valence-corrected chi connectivity index (χ4v) is 3.88. The van der Waals surface area contributed by atoms with Crippen molar-refractivity contribution in [1.82, 2.24) is 15.1 Å². The van der Waals surface area contributed by atoms with Crippen molar-refractivity contribution in [3.63, 3.8) is 0 Å². The Kier molecular flexibility index (Phi) is 8.73. The van der Waals surface area contributed by atoms with Gasteiger partial charge in [0.15, 0.2) is 0 Å². The molecular formula is C17H34ClN3O. The van der Waals surface area contributed by atoms with E-state index in [0.717, 1.165) is 32.1 Å². The van der Waals surface area contributed by atoms with E-state index < -0.39 is 0 Å². The molecule has 2 saturated heterocycles. The molecule has 2 aliphatic rings. The lowest BCUT2D eigenvalue weighted by atomic mass is 9.96. The highest BCUT2D eigenvalue weighted by Crippen LogP contribution is 2.23. The van der Waals surface area contributed by atoms with Crippen molar-refractivity contribution in [1.29, 1.82) is 0 Å². The molecule has 0 aromatic heterocycles. The zero-order valence-electron chi connectivity index (χ0n) is 14.5. The van der Waals surface area contributed by atoms with E-state index in [0.29, 0.717) is 24.5 Å². The van der Waals surface area contributed by atoms with Crippen molar-refractivity contribution in [3.8, 4) is 0 Å². The first kappa shape index (κ1) is 19.7. The molecule has 0 radical (unpaired) electrons. The van der Waals surface area contributed by atoms with Gasteiger partial charge in [0.25, 0.3) is 0 Å². The number of halogens is 1. The molecule has 22 heavy (non-hydrogen) atoms. The maximum absolute atomic E-state index is 12.6. The summed E-state index contributed by atoms with van der Waals surface area (Å²) in [5, 5.41) is 3.44. The van der Waals surface area contributed by atoms with E-state index >= 15 is 0 Å². The SMILES string of the molecule is CCNCC1CCN(CC(=O)N2C(C)CCCC2C)CC1.Cl. The van der Waals surface area contributed by atoms with Gasteiger partial charge in [-0.05, 0) is 78.0 Å². The van der Waals surface area contributed by atoms with E-state index in [1.54, 1.807) is 0 Å². The Morgan fingerprint density at radius 1 is 1.09 bits per heavy atom. The lowest BCUT2D eigenvalue weighted by molar-refractivity contribution is -0.138. The highest BCUT2D eigenvalue weighted by molar-refractivity contribution is 5.85. The van der Waals surface area contributed by atoms with Crippen molar-refractivity contribution in [2.45, 2.75) is 65.0 Å². The third-order valence-corrected chi connectivity index (χ3v) is 5.23. The minimum absolute atomic E-state index is 0. The van der Waals surface area contributed by atoms with Crippen LogP contribution in [0.5, 0.6) is 0 Å². The molecule has 0 aromatic carbocycles. The second-order valence-corrected chi connectivity index (χ2v) is 6.96. The van der Waals surface area contributed by atoms with Gasteiger partial charge in [0, 0.05) is 12.1 Å². The number of carbonyl (C=O) groups is 1. The highest BCUT2D eigenvalue weighted by Gasteiger charge is 2.30. The van der Waals surface area contributed by atoms with Crippen LogP contribution < -0.4 is 5.32 Å². The summed E-state index contributed by atoms with van der Waals surface area (Å²) in [6.07, 6.45) is 6.06. The summed E-state index contributed by atoms with van der Waals surface area (Å²) in [5.41, 5.74) is 0. The van der Waals surface area contributed by atoms with E-state index in [9.17, 15) is 4.79 Å². The number of rotatable bonds is 5. The minimum atomic E-state index is 0. The number of hydrogen-bond acceptors (Lipinski definition) is 3. The highest BCUT2D eigenvalue weighted by atomic mass is 35.5. The summed E-state index contributed by atoms with van der Waals surface area (Å²) >= 11 is 0. The molecule has 0 bridgehead atoms. The van der Waals surface area contributed by atoms with Gasteiger partial charge in [0.2, 0.25) is 5.91 Å². The molecule has 4 nitrogen and oxygen atoms in total. The largest absolute Gasteiger partial charge is 0.336 e. The van der Waals surface area contributed by atoms with Crippen molar-refractivity contribution in [2.24, 2.45) is 5.92 Å². The maximum Gasteiger partial charge on any atom is 0.237 e. The summed E-state index contributed by atoms with van der Waals surface area (Å²) in [6.45, 7) is 11.6. The third-order valence-electron chi connectivity index (χ3n) is 5.23. The molecule has 0 aliphatic carbocycles. The van der Waals surface area contributed by atoms with Gasteiger partial charge in [-0.2, -0.15) is 0 Å². The molecule has 0 spiro atoms. The Hall–Kier alpha value is -0.320. The number of hydrogen-bond donors (Lipinski definition) is 1. The van der Waals surface area contributed by atoms with Crippen molar-refractivity contribution >= 4 is 18.3 Å². The summed E-state index contributed by atoms with van der Waals surface area (Å²) in [5.74, 6) is 1.14. The monoisotopic (exact) mass is 331 g/mol. The van der Waals surface area contributed by atoms with Crippen LogP contribution in [0.25, 0.3) is 0 Å². The van der Waals surface area contributed by atoms with Gasteiger partial charge >= 0.3 is 0 Å². The molecule has 2 aliphatic heterocycles. The fourth-order valence-electron chi connectivity index (χ4n) is 3.88. The van der Waals surface area contributed by atoms with E-state index in [2.05, 4.69) is 35.9 Å². The van der Waals surface area contributed by atoms with Crippen LogP contribution in [0.15, 0.2) is 0 Å². The van der Waals surface area contributed by atoms with Gasteiger partial charge in [0.1, 0.15) is 0 Å². The van der Waals surface area contributed by atoms with E-state index in [1.807, 2.05) is 0 Å². The average molecular weight is 332 g/mol. The number of nitrogens with one attached hydrogen (secondary N) is 1. The van der Waals surface area contributed by atoms with Crippen LogP contribution in [0, 0.1) is 5.92 Å². The standard InChI is InChI=1S/C17H33N3O.ClH/c1-4-18-12-16-8-10-19(11-9-16)13-17(21)20-14(2)6-5-7-15(20)3;/h14-16,18H,4-13H2,1-3H3;1H. The molecule has 2 rings (SSSR count). The van der Waals surface area contributed by atoms with Crippen LogP contribution in [-0.2, 0) is 4.79 Å². The first-order valence-electron chi connectivity index (χ1n) is 8.86. The second kappa shape index (κ2) is 9.74. The number of nitrogens with zero attached hydrogens (tertiary/aromatic N) is 2. The van der Waals surface area contributed by atoms with Crippen LogP contribution in [0.2, 0.25) is 0 Å². The molecular weight excluding hydrogens is 298 g/mol. The predicted octanol–water partition coefficient (Wildman–Crippen LogP) is 2.52. The molecule has 2 atom stereocenters. The molecule has 2 unspecified atom stereocenters. The van der Waals surface area contributed by atoms with Crippen LogP contribution in [0.4, 0.5) is 0 Å². The summed E-state index contributed by atoms with van der Waals surface area (Å²) < 4.78 is 0. The van der Waals surface area contributed by atoms with Gasteiger partial charge in [0.05, 0.1) is 6.54 Å². The number of piperidine rings is 2. The molecule has 2 fully saturated rings. The number of carbonyl (C=O) groups excluding carboxylic acids is 1. The van der Waals surface area contributed by atoms with Crippen molar-refractivity contribution < 1.29 is 4.79 Å². The molecule has 0 saturated carbocycles. The normalized spacial score (nSPS) is 27.5. The summed E-state index contributed by atoms with van der Waals surface area (Å²) in [7, 11) is 0. The molecule has 130 valence electrons. The van der Waals surface area contributed by atoms with Gasteiger partial charge in [-0.3, -0.25) is 9.69 Å². The van der Waals surface area contributed by atoms with E-state index in [-0.39, 0.29) is 12.4 Å². The third kappa shape index (κ3) is 5.39. The van der Waals surface area contributed by atoms with Crippen molar-refractivity contribution in [2.75, 3.05) is 32.7 Å². The van der Waals surface area contributed by atoms with Crippen LogP contribution in [0.3, 0.4) is 0 Å². The fraction of sp³-hybridized carbons (Fsp3) is 0.941. The van der Waals surface area contributed by atoms with E-state index in [1.165, 1.54) is 32.1 Å². The molecule has 5 heteroatoms. The molecule has 2 heterocycles. The Morgan fingerprint density at radius 3 is 2.23 bits per heavy atom. The van der Waals surface area contributed by atoms with Gasteiger partial charge in [-0.25, -0.2) is 0 Å². The Labute approximate surface area is 142 Å². The maximum atomic E-state index is 12.6. The lowest BCUT2D eigenvalue weighted by Gasteiger charge is -2.41. The first-order chi connectivity index (χ1) is 10.1. The Balaban J connectivity index is 0.00000242. The smallest absolute Gasteiger partial charge is 0.237 e. The summed E-state index contributed by atoms with van der Waals surface area (Å²) in [4.78, 5) is 17.1. The molecule has 0 aromatic rings. The van der Waals surface area contributed by atoms with Gasteiger partial charge in [-0.1, -0.05) is 6.92 Å². The number of amides is 1. The molecule has 1 amide bonds. The first-order valence-corrected chi connectivity index (χ1v) is 8.86. The van der Waals surface area contributed by atoms with Crippen LogP contribution >= 0.6 is 12.4 Å². The quantitative estimate of drug-likeness (QED) is 0.841. The van der Waals surface area contributed by atoms with Gasteiger partial charge in [-0.15, -0.1) is 12.4 Å². The van der Waals surface area contributed by atoms with Crippen molar-refractivity contribution in [3.05, 3.63) is 0 Å². The average Bonchev–Trinajstić information content (AvgIpc) is 2.46. The number of likely N-dealkylation sites (tertiary alicyclic amines) is 2. The zero-order chi connectivity index (χ0) is 15.2. The van der Waals surface area contributed by atoms with Crippen LogP contribution in [0.1, 0.15) is 52.9 Å². The lowest BCUT2D eigenvalue weighted by Crippen LogP contribution is -2.52. The van der Waals surface area contributed by atoms with Crippen LogP contribution in [-0.4, -0.2) is 60.5 Å². The predicted molar refractivity (Wildman–Crippen MR) is 94.6 cm³/mol. The zero-order valence-corrected chi connectivity index (χ0v) is 15.3. The minimum Gasteiger partial charge on any atom is -0.336 e. The second-order valence-electron chi connectivity index (χ2n) is 6.96. The van der Waals surface area contributed by atoms with Gasteiger partial charge < -0.3 is 10.2 Å². The Bertz CT molecular complexity index is 322. The summed E-state index contributed by atoms with van der Waals surface area (Å²) in [6, 6.07) is 0.847. The molecule has 1 N–H and O–H groups in total. The van der Waals surface area contributed by atoms with E-state index in [4.69, 9.17) is 0 Å².